The quantitative estimate of drug-likeness (QED) is 0.316. The van der Waals surface area contributed by atoms with Crippen molar-refractivity contribution in [3.8, 4) is 0 Å². The van der Waals surface area contributed by atoms with Crippen molar-refractivity contribution in [1.82, 2.24) is 0 Å². The third-order valence-corrected chi connectivity index (χ3v) is 0.907. The van der Waals surface area contributed by atoms with E-state index in [4.69, 9.17) is 19.6 Å². The first-order valence-electron chi connectivity index (χ1n) is 2.09. The van der Waals surface area contributed by atoms with Gasteiger partial charge in [0.1, 0.15) is 0 Å². The Morgan fingerprint density at radius 1 is 1.27 bits per heavy atom. The second-order valence-electron chi connectivity index (χ2n) is 1.02. The summed E-state index contributed by atoms with van der Waals surface area (Å²) in [5, 5.41) is 0. The minimum atomic E-state index is -2.62. The predicted molar refractivity (Wildman–Crippen MR) is 49.6 cm³/mol. The van der Waals surface area contributed by atoms with Crippen molar-refractivity contribution in [2.24, 2.45) is 0 Å². The molecule has 0 aromatic rings. The second-order valence-corrected chi connectivity index (χ2v) is 3.05. The molecule has 0 aliphatic heterocycles. The van der Waals surface area contributed by atoms with Crippen LogP contribution in [0.15, 0.2) is 0 Å². The van der Waals surface area contributed by atoms with Gasteiger partial charge < -0.3 is 19.6 Å². The van der Waals surface area contributed by atoms with Crippen LogP contribution in [0.2, 0.25) is 0 Å². The Kier molecular flexibility index (Phi) is 38.9. The Bertz CT molecular complexity index is 78.1. The summed E-state index contributed by atoms with van der Waals surface area (Å²) in [6.07, 6.45) is 0.407. The molecule has 0 amide bonds. The molecule has 0 aromatic carbocycles. The van der Waals surface area contributed by atoms with Gasteiger partial charge in [0, 0.05) is 6.16 Å². The van der Waals surface area contributed by atoms with E-state index in [1.54, 1.807) is 6.92 Å². The van der Waals surface area contributed by atoms with Crippen LogP contribution in [-0.2, 0) is 4.57 Å². The fraction of sp³-hybridized carbons (Fsp3) is 1.00. The molecule has 11 heavy (non-hydrogen) atoms. The maximum absolute atomic E-state index is 9.55. The van der Waals surface area contributed by atoms with Gasteiger partial charge in [-0.25, -0.2) is 0 Å². The van der Waals surface area contributed by atoms with Crippen molar-refractivity contribution in [1.29, 1.82) is 0 Å². The van der Waals surface area contributed by atoms with E-state index >= 15 is 0 Å². The number of rotatable bonds is 1. The van der Waals surface area contributed by atoms with E-state index in [0.717, 1.165) is 0 Å². The van der Waals surface area contributed by atoms with Crippen LogP contribution in [0.25, 0.3) is 0 Å². The molecule has 0 aliphatic rings. The summed E-state index contributed by atoms with van der Waals surface area (Å²) in [5.74, 6) is 0. The van der Waals surface area contributed by atoms with Crippen molar-refractivity contribution in [3.63, 3.8) is 0 Å². The molecule has 4 N–H and O–H groups in total. The normalized spacial score (nSPS) is 10.0. The van der Waals surface area contributed by atoms with Crippen LogP contribution >= 0.6 is 16.6 Å². The Balaban J connectivity index is -0.0000000383. The Morgan fingerprint density at radius 2 is 1.36 bits per heavy atom. The zero-order valence-corrected chi connectivity index (χ0v) is 6.75. The minimum absolute atomic E-state index is 0. The van der Waals surface area contributed by atoms with E-state index in [9.17, 15) is 4.57 Å². The SMILES string of the molecule is CC[PH](=O)O.OP(O)O.[NaH].[NaH]. The van der Waals surface area contributed by atoms with E-state index in [1.165, 1.54) is 0 Å². The molecule has 1 unspecified atom stereocenters. The van der Waals surface area contributed by atoms with Gasteiger partial charge in [0.15, 0.2) is 8.03 Å². The van der Waals surface area contributed by atoms with E-state index in [2.05, 4.69) is 0 Å². The van der Waals surface area contributed by atoms with Gasteiger partial charge in [0.05, 0.1) is 0 Å². The Labute approximate surface area is 112 Å². The van der Waals surface area contributed by atoms with Gasteiger partial charge in [-0.1, -0.05) is 6.92 Å². The van der Waals surface area contributed by atoms with E-state index in [1.807, 2.05) is 0 Å². The van der Waals surface area contributed by atoms with Crippen LogP contribution in [0.5, 0.6) is 0 Å². The summed E-state index contributed by atoms with van der Waals surface area (Å²) in [6, 6.07) is 0. The van der Waals surface area contributed by atoms with Gasteiger partial charge in [0.2, 0.25) is 0 Å². The average Bonchev–Trinajstić information content (AvgIpc) is 1.65. The summed E-state index contributed by atoms with van der Waals surface area (Å²) in [6.45, 7) is 1.68. The molecule has 0 spiro atoms. The van der Waals surface area contributed by atoms with E-state index in [-0.39, 0.29) is 59.1 Å². The molecule has 0 aromatic heterocycles. The number of hydrogen-bond acceptors (Lipinski definition) is 4. The zero-order valence-electron chi connectivity index (χ0n) is 4.85. The fourth-order valence-corrected chi connectivity index (χ4v) is 0. The van der Waals surface area contributed by atoms with Crippen molar-refractivity contribution in [2.45, 2.75) is 6.92 Å². The van der Waals surface area contributed by atoms with Gasteiger partial charge in [-0.15, -0.1) is 0 Å². The van der Waals surface area contributed by atoms with Gasteiger partial charge in [0.25, 0.3) is 0 Å². The summed E-state index contributed by atoms with van der Waals surface area (Å²) in [5.41, 5.74) is 0. The van der Waals surface area contributed by atoms with E-state index in [0.29, 0.717) is 6.16 Å². The summed E-state index contributed by atoms with van der Waals surface area (Å²) < 4.78 is 9.55. The maximum atomic E-state index is 9.55. The van der Waals surface area contributed by atoms with Gasteiger partial charge in [-0.3, -0.25) is 4.57 Å². The zero-order chi connectivity index (χ0) is 7.86. The van der Waals surface area contributed by atoms with Crippen molar-refractivity contribution < 1.29 is 24.1 Å². The van der Waals surface area contributed by atoms with Crippen LogP contribution in [0.1, 0.15) is 6.92 Å². The molecule has 5 nitrogen and oxygen atoms in total. The molecular weight excluding hydrogens is 212 g/mol. The molecule has 1 atom stereocenters. The van der Waals surface area contributed by atoms with Crippen LogP contribution < -0.4 is 0 Å². The van der Waals surface area contributed by atoms with Crippen LogP contribution in [0, 0.1) is 0 Å². The summed E-state index contributed by atoms with van der Waals surface area (Å²) in [4.78, 5) is 29.6. The molecule has 0 radical (unpaired) electrons. The Morgan fingerprint density at radius 3 is 1.36 bits per heavy atom. The van der Waals surface area contributed by atoms with Gasteiger partial charge in [-0.05, 0) is 0 Å². The Hall–Kier alpha value is 2.50. The van der Waals surface area contributed by atoms with Gasteiger partial charge >= 0.3 is 67.7 Å². The molecule has 0 saturated carbocycles. The summed E-state index contributed by atoms with van der Waals surface area (Å²) >= 11 is 0. The van der Waals surface area contributed by atoms with Crippen molar-refractivity contribution in [3.05, 3.63) is 0 Å². The predicted octanol–water partition coefficient (Wildman–Crippen LogP) is -1.63. The standard InChI is InChI=1S/C2H7O2P.2Na.H3O3P.2H/c1-2-5(3)4;;;1-4(2)3;;/h5H,2H2,1H3,(H,3,4);;;1-3H;;. The molecular formula is C2H12Na2O5P2. The monoisotopic (exact) mass is 224 g/mol. The van der Waals surface area contributed by atoms with Crippen LogP contribution in [-0.4, -0.2) is 84.9 Å². The molecule has 9 heteroatoms. The second kappa shape index (κ2) is 18.3. The molecule has 0 saturated heterocycles. The third kappa shape index (κ3) is 68.1. The molecule has 0 heterocycles. The first-order valence-corrected chi connectivity index (χ1v) is 4.85. The fourth-order valence-electron chi connectivity index (χ4n) is 0. The first-order chi connectivity index (χ1) is 4.00. The molecule has 62 valence electrons. The third-order valence-electron chi connectivity index (χ3n) is 0.302. The van der Waals surface area contributed by atoms with Crippen molar-refractivity contribution >= 4 is 75.7 Å². The molecule has 0 rings (SSSR count). The number of hydrogen-bond donors (Lipinski definition) is 4. The molecule has 0 fully saturated rings. The van der Waals surface area contributed by atoms with Gasteiger partial charge in [-0.2, -0.15) is 0 Å². The van der Waals surface area contributed by atoms with E-state index < -0.39 is 16.6 Å². The molecule has 0 bridgehead atoms. The van der Waals surface area contributed by atoms with Crippen molar-refractivity contribution in [2.75, 3.05) is 6.16 Å². The van der Waals surface area contributed by atoms with Crippen LogP contribution in [0.4, 0.5) is 0 Å². The molecule has 0 aliphatic carbocycles. The first kappa shape index (κ1) is 23.4. The van der Waals surface area contributed by atoms with Crippen LogP contribution in [0.3, 0.4) is 0 Å². The average molecular weight is 224 g/mol. The topological polar surface area (TPSA) is 98.0 Å². The summed E-state index contributed by atoms with van der Waals surface area (Å²) in [7, 11) is -4.74.